The SMILES string of the molecule is O=S1(=O)CCNC(CCNCC2CCCCO2)C1. The van der Waals surface area contributed by atoms with Gasteiger partial charge in [0.2, 0.25) is 0 Å². The summed E-state index contributed by atoms with van der Waals surface area (Å²) in [6.45, 7) is 3.22. The largest absolute Gasteiger partial charge is 0.377 e. The van der Waals surface area contributed by atoms with Crippen molar-refractivity contribution in [1.82, 2.24) is 10.6 Å². The van der Waals surface area contributed by atoms with Crippen LogP contribution in [0.3, 0.4) is 0 Å². The predicted octanol–water partition coefficient (Wildman–Crippen LogP) is -0.0782. The Morgan fingerprint density at radius 3 is 2.94 bits per heavy atom. The van der Waals surface area contributed by atoms with E-state index in [9.17, 15) is 8.42 Å². The van der Waals surface area contributed by atoms with Gasteiger partial charge in [-0.1, -0.05) is 0 Å². The quantitative estimate of drug-likeness (QED) is 0.688. The predicted molar refractivity (Wildman–Crippen MR) is 71.5 cm³/mol. The Kier molecular flexibility index (Phi) is 5.41. The van der Waals surface area contributed by atoms with Crippen LogP contribution in [0.5, 0.6) is 0 Å². The first-order valence-corrected chi connectivity index (χ1v) is 8.74. The minimum absolute atomic E-state index is 0.114. The third-order valence-electron chi connectivity index (χ3n) is 3.62. The smallest absolute Gasteiger partial charge is 0.153 e. The van der Waals surface area contributed by atoms with E-state index in [2.05, 4.69) is 10.6 Å². The van der Waals surface area contributed by atoms with Crippen LogP contribution in [0.15, 0.2) is 0 Å². The molecule has 2 aliphatic rings. The van der Waals surface area contributed by atoms with E-state index in [4.69, 9.17) is 4.74 Å². The maximum atomic E-state index is 11.5. The molecule has 0 radical (unpaired) electrons. The minimum atomic E-state index is -2.80. The molecular weight excluding hydrogens is 252 g/mol. The molecule has 2 aliphatic heterocycles. The number of ether oxygens (including phenoxy) is 1. The van der Waals surface area contributed by atoms with Crippen LogP contribution in [0.1, 0.15) is 25.7 Å². The molecule has 0 saturated carbocycles. The van der Waals surface area contributed by atoms with Gasteiger partial charge in [-0.25, -0.2) is 8.42 Å². The van der Waals surface area contributed by atoms with Gasteiger partial charge in [-0.05, 0) is 32.2 Å². The molecule has 0 aliphatic carbocycles. The Morgan fingerprint density at radius 1 is 1.33 bits per heavy atom. The summed E-state index contributed by atoms with van der Waals surface area (Å²) in [6.07, 6.45) is 4.80. The summed E-state index contributed by atoms with van der Waals surface area (Å²) in [7, 11) is -2.80. The van der Waals surface area contributed by atoms with Gasteiger partial charge in [0.15, 0.2) is 9.84 Å². The molecule has 0 aromatic heterocycles. The third kappa shape index (κ3) is 4.84. The first-order chi connectivity index (χ1) is 8.66. The lowest BCUT2D eigenvalue weighted by atomic mass is 10.1. The molecule has 106 valence electrons. The zero-order valence-electron chi connectivity index (χ0n) is 10.9. The highest BCUT2D eigenvalue weighted by molar-refractivity contribution is 7.91. The van der Waals surface area contributed by atoms with Crippen LogP contribution in [-0.2, 0) is 14.6 Å². The van der Waals surface area contributed by atoms with E-state index in [0.717, 1.165) is 32.5 Å². The fourth-order valence-electron chi connectivity index (χ4n) is 2.56. The average Bonchev–Trinajstić information content (AvgIpc) is 2.35. The first-order valence-electron chi connectivity index (χ1n) is 6.92. The van der Waals surface area contributed by atoms with Gasteiger partial charge in [0.25, 0.3) is 0 Å². The van der Waals surface area contributed by atoms with E-state index in [1.807, 2.05) is 0 Å². The van der Waals surface area contributed by atoms with E-state index in [0.29, 0.717) is 12.6 Å². The lowest BCUT2D eigenvalue weighted by molar-refractivity contribution is 0.0169. The van der Waals surface area contributed by atoms with Crippen molar-refractivity contribution < 1.29 is 13.2 Å². The van der Waals surface area contributed by atoms with Crippen molar-refractivity contribution in [3.63, 3.8) is 0 Å². The highest BCUT2D eigenvalue weighted by Crippen LogP contribution is 2.11. The van der Waals surface area contributed by atoms with Crippen LogP contribution in [0, 0.1) is 0 Å². The zero-order valence-corrected chi connectivity index (χ0v) is 11.7. The summed E-state index contributed by atoms with van der Waals surface area (Å²) < 4.78 is 28.6. The van der Waals surface area contributed by atoms with Crippen molar-refractivity contribution in [2.75, 3.05) is 37.7 Å². The van der Waals surface area contributed by atoms with E-state index < -0.39 is 9.84 Å². The summed E-state index contributed by atoms with van der Waals surface area (Å²) in [4.78, 5) is 0. The minimum Gasteiger partial charge on any atom is -0.377 e. The summed E-state index contributed by atoms with van der Waals surface area (Å²) in [5, 5.41) is 6.63. The lowest BCUT2D eigenvalue weighted by Gasteiger charge is -2.25. The molecule has 0 aromatic rings. The molecule has 0 bridgehead atoms. The number of rotatable bonds is 5. The highest BCUT2D eigenvalue weighted by Gasteiger charge is 2.23. The van der Waals surface area contributed by atoms with Gasteiger partial charge in [-0.15, -0.1) is 0 Å². The second kappa shape index (κ2) is 6.84. The fraction of sp³-hybridized carbons (Fsp3) is 1.00. The first kappa shape index (κ1) is 14.2. The van der Waals surface area contributed by atoms with E-state index in [1.165, 1.54) is 12.8 Å². The average molecular weight is 276 g/mol. The second-order valence-corrected chi connectivity index (χ2v) is 7.48. The number of nitrogens with one attached hydrogen (secondary N) is 2. The number of hydrogen-bond donors (Lipinski definition) is 2. The maximum absolute atomic E-state index is 11.5. The number of sulfone groups is 1. The molecule has 2 fully saturated rings. The van der Waals surface area contributed by atoms with Gasteiger partial charge in [-0.3, -0.25) is 0 Å². The van der Waals surface area contributed by atoms with E-state index >= 15 is 0 Å². The molecule has 2 unspecified atom stereocenters. The molecular formula is C12H24N2O3S. The highest BCUT2D eigenvalue weighted by atomic mass is 32.2. The van der Waals surface area contributed by atoms with Crippen LogP contribution in [0.2, 0.25) is 0 Å². The molecule has 2 atom stereocenters. The summed E-state index contributed by atoms with van der Waals surface area (Å²) >= 11 is 0. The fourth-order valence-corrected chi connectivity index (χ4v) is 4.05. The number of hydrogen-bond acceptors (Lipinski definition) is 5. The summed E-state index contributed by atoms with van der Waals surface area (Å²) in [5.41, 5.74) is 0. The summed E-state index contributed by atoms with van der Waals surface area (Å²) in [6, 6.07) is 0.114. The Labute approximate surface area is 110 Å². The van der Waals surface area contributed by atoms with Crippen LogP contribution < -0.4 is 10.6 Å². The van der Waals surface area contributed by atoms with Crippen LogP contribution >= 0.6 is 0 Å². The third-order valence-corrected chi connectivity index (χ3v) is 5.35. The molecule has 0 amide bonds. The Hall–Kier alpha value is -0.170. The summed E-state index contributed by atoms with van der Waals surface area (Å²) in [5.74, 6) is 0.571. The molecule has 2 saturated heterocycles. The normalized spacial score (nSPS) is 32.2. The van der Waals surface area contributed by atoms with Gasteiger partial charge >= 0.3 is 0 Å². The van der Waals surface area contributed by atoms with Crippen molar-refractivity contribution in [2.24, 2.45) is 0 Å². The molecule has 2 N–H and O–H groups in total. The van der Waals surface area contributed by atoms with Crippen molar-refractivity contribution in [3.8, 4) is 0 Å². The van der Waals surface area contributed by atoms with Crippen LogP contribution in [0.25, 0.3) is 0 Å². The van der Waals surface area contributed by atoms with Crippen molar-refractivity contribution in [3.05, 3.63) is 0 Å². The second-order valence-electron chi connectivity index (χ2n) is 5.25. The molecule has 2 heterocycles. The molecule has 6 heteroatoms. The molecule has 0 aromatic carbocycles. The molecule has 18 heavy (non-hydrogen) atoms. The van der Waals surface area contributed by atoms with Crippen LogP contribution in [0.4, 0.5) is 0 Å². The standard InChI is InChI=1S/C12H24N2O3S/c15-18(16)8-6-14-11(10-18)4-5-13-9-12-3-1-2-7-17-12/h11-14H,1-10H2. The van der Waals surface area contributed by atoms with Crippen molar-refractivity contribution >= 4 is 9.84 Å². The van der Waals surface area contributed by atoms with E-state index in [1.54, 1.807) is 0 Å². The monoisotopic (exact) mass is 276 g/mol. The maximum Gasteiger partial charge on any atom is 0.153 e. The van der Waals surface area contributed by atoms with Crippen molar-refractivity contribution in [1.29, 1.82) is 0 Å². The van der Waals surface area contributed by atoms with Gasteiger partial charge in [0, 0.05) is 25.7 Å². The lowest BCUT2D eigenvalue weighted by Crippen LogP contribution is -2.46. The zero-order chi connectivity index (χ0) is 12.8. The molecule has 5 nitrogen and oxygen atoms in total. The Balaban J connectivity index is 1.57. The van der Waals surface area contributed by atoms with Gasteiger partial charge in [0.1, 0.15) is 0 Å². The topological polar surface area (TPSA) is 67.4 Å². The molecule has 2 rings (SSSR count). The Morgan fingerprint density at radius 2 is 2.22 bits per heavy atom. The van der Waals surface area contributed by atoms with Gasteiger partial charge in [-0.2, -0.15) is 0 Å². The molecule has 0 spiro atoms. The Bertz CT molecular complexity index is 339. The van der Waals surface area contributed by atoms with Gasteiger partial charge < -0.3 is 15.4 Å². The van der Waals surface area contributed by atoms with Gasteiger partial charge in [0.05, 0.1) is 17.6 Å². The van der Waals surface area contributed by atoms with Crippen molar-refractivity contribution in [2.45, 2.75) is 37.8 Å². The van der Waals surface area contributed by atoms with E-state index in [-0.39, 0.29) is 17.5 Å². The van der Waals surface area contributed by atoms with Crippen LogP contribution in [-0.4, -0.2) is 58.3 Å².